The molecule has 0 unspecified atom stereocenters. The van der Waals surface area contributed by atoms with Crippen molar-refractivity contribution in [2.75, 3.05) is 10.6 Å². The Morgan fingerprint density at radius 2 is 0.313 bits per heavy atom. The van der Waals surface area contributed by atoms with Crippen molar-refractivity contribution in [3.05, 3.63) is 343 Å². The molecule has 12 rings (SSSR count). The van der Waals surface area contributed by atoms with Gasteiger partial charge in [0.15, 0.2) is 0 Å². The Morgan fingerprint density at radius 3 is 0.463 bits per heavy atom. The van der Waals surface area contributed by atoms with Crippen molar-refractivity contribution in [2.24, 2.45) is 0 Å². The van der Waals surface area contributed by atoms with Crippen molar-refractivity contribution in [1.82, 2.24) is 0 Å². The summed E-state index contributed by atoms with van der Waals surface area (Å²) in [7, 11) is 0. The van der Waals surface area contributed by atoms with Crippen LogP contribution in [-0.2, 0) is 102 Å². The summed E-state index contributed by atoms with van der Waals surface area (Å²) >= 11 is 0. The van der Waals surface area contributed by atoms with E-state index < -0.39 is 0 Å². The minimum absolute atomic E-state index is 0. The molecule has 2 radical (unpaired) electrons. The number of hydrogen-bond donors (Lipinski definition) is 2. The molecule has 0 fully saturated rings. The van der Waals surface area contributed by atoms with E-state index in [2.05, 4.69) is 293 Å². The van der Waals surface area contributed by atoms with E-state index in [1.807, 2.05) is 243 Å². The van der Waals surface area contributed by atoms with Gasteiger partial charge in [0, 0.05) is 59.9 Å². The van der Waals surface area contributed by atoms with Gasteiger partial charge in [-0.2, -0.15) is 0 Å². The summed E-state index contributed by atoms with van der Waals surface area (Å²) in [6.07, 6.45) is 0. The van der Waals surface area contributed by atoms with E-state index in [-0.39, 0.29) is 137 Å². The predicted octanol–water partition coefficient (Wildman–Crippen LogP) is 33.0. The van der Waals surface area contributed by atoms with E-state index in [1.165, 1.54) is 11.1 Å². The van der Waals surface area contributed by atoms with Crippen molar-refractivity contribution in [3.63, 3.8) is 0 Å². The molecule has 0 bridgehead atoms. The van der Waals surface area contributed by atoms with Crippen LogP contribution >= 0.6 is 0 Å². The van der Waals surface area contributed by atoms with Gasteiger partial charge < -0.3 is 62.5 Å². The Morgan fingerprint density at radius 1 is 0.172 bits per heavy atom. The summed E-state index contributed by atoms with van der Waals surface area (Å²) in [5.74, 6) is 0.302. The van der Waals surface area contributed by atoms with Gasteiger partial charge in [-0.25, -0.2) is 0 Å². The fourth-order valence-corrected chi connectivity index (χ4v) is 14.1. The Labute approximate surface area is 832 Å². The summed E-state index contributed by atoms with van der Waals surface area (Å²) in [4.78, 5) is 0. The van der Waals surface area contributed by atoms with Gasteiger partial charge in [-0.05, 0) is 146 Å². The van der Waals surface area contributed by atoms with Gasteiger partial charge in [-0.15, -0.1) is 68.5 Å². The van der Waals surface area contributed by atoms with Crippen LogP contribution in [0.2, 0.25) is 0 Å². The first-order valence-corrected chi connectivity index (χ1v) is 46.4. The van der Waals surface area contributed by atoms with Crippen molar-refractivity contribution in [1.29, 1.82) is 0 Å². The molecule has 12 aromatic rings. The zero-order valence-corrected chi connectivity index (χ0v) is 90.2. The van der Waals surface area contributed by atoms with Crippen LogP contribution in [0.1, 0.15) is 316 Å². The molecule has 0 saturated carbocycles. The number of rotatable bonds is 12. The summed E-state index contributed by atoms with van der Waals surface area (Å²) in [6.45, 7) is 76.3. The first-order chi connectivity index (χ1) is 60.5. The van der Waals surface area contributed by atoms with Crippen molar-refractivity contribution in [2.45, 2.75) is 314 Å². The molecule has 12 aromatic carbocycles. The largest absolute Gasteiger partial charge is 0.873 e. The fourth-order valence-electron chi connectivity index (χ4n) is 14.1. The average Bonchev–Trinajstić information content (AvgIpc) is 0.809. The van der Waals surface area contributed by atoms with Crippen molar-refractivity contribution in [3.8, 4) is 34.5 Å². The molecule has 718 valence electrons. The van der Waals surface area contributed by atoms with Crippen LogP contribution in [0.25, 0.3) is 21.3 Å². The summed E-state index contributed by atoms with van der Waals surface area (Å²) in [5.41, 5.74) is 19.3. The first kappa shape index (κ1) is 114. The SMILES string of the molecule is CC(C)(C)c1cc(Nc2ccccc2)c([O-])c(C(C)(C)C)c1.CC(C)(C)c1cc(Nc2ccccc2)c([O-])c(C(C)(C)C)c1.CC(C)(C)c1cc([N-]c2ccccc2)c([O-])c(C(C)(C)C)c1.CC(C)(C)c1cc([N-]c2ccccc2)c([O-])c(C(C)(C)C)c1.CC(C)(C)c1cc([N-]c2ccccc2)c([O-])c(C(C)(C)C)c1.CC(C)(C)c1cc([N-]c2ccccc2)c([O-])c(C(C)(C)C)c1.[V].[V]. The molecule has 0 aliphatic rings. The minimum Gasteiger partial charge on any atom is -0.873 e. The Hall–Kier alpha value is -10.6. The average molecular weight is 1880 g/mol. The maximum Gasteiger partial charge on any atom is 0.0384 e. The van der Waals surface area contributed by atoms with Crippen molar-refractivity contribution >= 4 is 68.2 Å². The molecule has 0 spiro atoms. The van der Waals surface area contributed by atoms with Crippen LogP contribution in [0, 0.1) is 0 Å². The molecule has 0 atom stereocenters. The van der Waals surface area contributed by atoms with Crippen LogP contribution < -0.4 is 41.3 Å². The Balaban J connectivity index is 0.000000283. The van der Waals surface area contributed by atoms with E-state index in [4.69, 9.17) is 0 Å². The van der Waals surface area contributed by atoms with E-state index >= 15 is 0 Å². The van der Waals surface area contributed by atoms with E-state index in [0.717, 1.165) is 89.8 Å². The Bertz CT molecular complexity index is 4810. The molecular weight excluding hydrogens is 1720 g/mol. The molecule has 2 N–H and O–H groups in total. The number of benzene rings is 12. The first-order valence-electron chi connectivity index (χ1n) is 46.4. The van der Waals surface area contributed by atoms with Gasteiger partial charge in [0.05, 0.1) is 0 Å². The van der Waals surface area contributed by atoms with Crippen molar-refractivity contribution < 1.29 is 67.8 Å². The maximum absolute atomic E-state index is 12.8. The smallest absolute Gasteiger partial charge is 0.0384 e. The van der Waals surface area contributed by atoms with Crippen LogP contribution in [0.3, 0.4) is 0 Å². The van der Waals surface area contributed by atoms with Gasteiger partial charge >= 0.3 is 0 Å². The fraction of sp³-hybridized carbons (Fsp3) is 0.400. The quantitative estimate of drug-likeness (QED) is 0.120. The molecule has 12 nitrogen and oxygen atoms in total. The summed E-state index contributed by atoms with van der Waals surface area (Å²) < 4.78 is 0. The van der Waals surface area contributed by atoms with Crippen LogP contribution in [-0.4, -0.2) is 0 Å². The molecule has 0 aliphatic carbocycles. The Kier molecular flexibility index (Phi) is 38.6. The monoisotopic (exact) mass is 1880 g/mol. The second-order valence-corrected chi connectivity index (χ2v) is 47.1. The number of anilines is 4. The molecule has 14 heteroatoms. The maximum atomic E-state index is 12.8. The van der Waals surface area contributed by atoms with Crippen LogP contribution in [0.15, 0.2) is 255 Å². The predicted molar refractivity (Wildman–Crippen MR) is 556 cm³/mol. The molecule has 0 amide bonds. The zero-order valence-electron chi connectivity index (χ0n) is 87.4. The standard InChI is InChI=1S/2C20H27NO.4C20H26NO.2V/c6*1-19(2,3)14-12-16(20(4,5)6)18(22)17(13-14)21-15-10-8-7-9-11-15;;/h2*7-13,21-22H,1-6H3;4*7-13,22H,1-6H3;;/q;;4*-1;;/p-6. The van der Waals surface area contributed by atoms with Crippen LogP contribution in [0.5, 0.6) is 34.5 Å². The second-order valence-electron chi connectivity index (χ2n) is 47.1. The third-order valence-corrected chi connectivity index (χ3v) is 22.6. The molecule has 134 heavy (non-hydrogen) atoms. The topological polar surface area (TPSA) is 219 Å². The zero-order chi connectivity index (χ0) is 99.3. The molecule has 0 aliphatic heterocycles. The molecular formula is C120H152N6O6V2-10. The van der Waals surface area contributed by atoms with E-state index in [9.17, 15) is 30.6 Å². The third kappa shape index (κ3) is 33.4. The molecule has 0 heterocycles. The molecule has 0 saturated heterocycles. The van der Waals surface area contributed by atoms with Gasteiger partial charge in [-0.3, -0.25) is 0 Å². The van der Waals surface area contributed by atoms with Gasteiger partial charge in [0.2, 0.25) is 0 Å². The van der Waals surface area contributed by atoms with Gasteiger partial charge in [0.25, 0.3) is 0 Å². The summed E-state index contributed by atoms with van der Waals surface area (Å²) in [5, 5.41) is 102. The summed E-state index contributed by atoms with van der Waals surface area (Å²) in [6, 6.07) is 82.3. The third-order valence-electron chi connectivity index (χ3n) is 22.6. The van der Waals surface area contributed by atoms with Gasteiger partial charge in [-0.1, -0.05) is 501 Å². The normalized spacial score (nSPS) is 12.1. The number of hydrogen-bond acceptors (Lipinski definition) is 8. The number of para-hydroxylation sites is 6. The number of nitrogens with zero attached hydrogens (tertiary/aromatic N) is 4. The molecule has 0 aromatic heterocycles. The van der Waals surface area contributed by atoms with E-state index in [0.29, 0.717) is 34.1 Å². The van der Waals surface area contributed by atoms with Gasteiger partial charge in [0.1, 0.15) is 0 Å². The van der Waals surface area contributed by atoms with Crippen LogP contribution in [0.4, 0.5) is 68.2 Å². The number of nitrogens with one attached hydrogen (secondary N) is 2. The van der Waals surface area contributed by atoms with E-state index in [1.54, 1.807) is 0 Å². The second kappa shape index (κ2) is 45.4. The minimum atomic E-state index is -0.195.